The molecule has 2 aromatic rings. The molecule has 2 N–H and O–H groups in total. The van der Waals surface area contributed by atoms with E-state index in [9.17, 15) is 8.42 Å². The zero-order chi connectivity index (χ0) is 13.0. The summed E-state index contributed by atoms with van der Waals surface area (Å²) in [6.45, 7) is 0. The smallest absolute Gasteiger partial charge is 0.265 e. The highest BCUT2D eigenvalue weighted by Gasteiger charge is 2.18. The summed E-state index contributed by atoms with van der Waals surface area (Å²) in [7, 11) is -2.01. The number of nitrogens with one attached hydrogen (secondary N) is 2. The maximum Gasteiger partial charge on any atom is 0.265 e. The van der Waals surface area contributed by atoms with Crippen LogP contribution in [0.25, 0.3) is 0 Å². The van der Waals surface area contributed by atoms with Crippen LogP contribution in [0.1, 0.15) is 0 Å². The molecule has 0 amide bonds. The molecule has 0 bridgehead atoms. The van der Waals surface area contributed by atoms with Crippen molar-refractivity contribution in [1.29, 1.82) is 0 Å². The van der Waals surface area contributed by atoms with Crippen LogP contribution in [-0.2, 0) is 10.0 Å². The second kappa shape index (κ2) is 5.01. The van der Waals surface area contributed by atoms with Crippen molar-refractivity contribution in [3.63, 3.8) is 0 Å². The van der Waals surface area contributed by atoms with E-state index in [1.54, 1.807) is 25.2 Å². The van der Waals surface area contributed by atoms with E-state index in [1.165, 1.54) is 24.7 Å². The Morgan fingerprint density at radius 3 is 2.61 bits per heavy atom. The predicted octanol–water partition coefficient (Wildman–Crippen LogP) is 1.32. The number of para-hydroxylation sites is 1. The summed E-state index contributed by atoms with van der Waals surface area (Å²) in [5, 5.41) is 2.83. The normalized spacial score (nSPS) is 10.9. The summed E-state index contributed by atoms with van der Waals surface area (Å²) in [5.41, 5.74) is 0.522. The zero-order valence-electron chi connectivity index (χ0n) is 9.66. The van der Waals surface area contributed by atoms with Crippen LogP contribution in [0.2, 0.25) is 0 Å². The number of nitrogens with zero attached hydrogens (tertiary/aromatic N) is 2. The first kappa shape index (κ1) is 12.3. The van der Waals surface area contributed by atoms with E-state index in [2.05, 4.69) is 20.0 Å². The van der Waals surface area contributed by atoms with Gasteiger partial charge < -0.3 is 5.32 Å². The van der Waals surface area contributed by atoms with Gasteiger partial charge in [0.2, 0.25) is 0 Å². The lowest BCUT2D eigenvalue weighted by Crippen LogP contribution is -2.15. The van der Waals surface area contributed by atoms with Crippen molar-refractivity contribution in [2.45, 2.75) is 4.90 Å². The van der Waals surface area contributed by atoms with Gasteiger partial charge in [-0.3, -0.25) is 9.71 Å². The SMILES string of the molecule is CNc1ccccc1S(=O)(=O)Nc1cnccn1. The fraction of sp³-hybridized carbons (Fsp3) is 0.0909. The number of sulfonamides is 1. The Bertz CT molecular complexity index is 629. The summed E-state index contributed by atoms with van der Waals surface area (Å²) in [5.74, 6) is 0.184. The van der Waals surface area contributed by atoms with Crippen molar-refractivity contribution in [1.82, 2.24) is 9.97 Å². The quantitative estimate of drug-likeness (QED) is 0.870. The minimum Gasteiger partial charge on any atom is -0.387 e. The van der Waals surface area contributed by atoms with Gasteiger partial charge in [0.1, 0.15) is 4.90 Å². The van der Waals surface area contributed by atoms with Crippen molar-refractivity contribution in [2.24, 2.45) is 0 Å². The third-order valence-corrected chi connectivity index (χ3v) is 3.66. The highest BCUT2D eigenvalue weighted by molar-refractivity contribution is 7.92. The lowest BCUT2D eigenvalue weighted by molar-refractivity contribution is 0.601. The highest BCUT2D eigenvalue weighted by atomic mass is 32.2. The van der Waals surface area contributed by atoms with E-state index in [-0.39, 0.29) is 10.7 Å². The van der Waals surface area contributed by atoms with E-state index < -0.39 is 10.0 Å². The number of aromatic nitrogens is 2. The zero-order valence-corrected chi connectivity index (χ0v) is 10.5. The predicted molar refractivity (Wildman–Crippen MR) is 68.8 cm³/mol. The first-order chi connectivity index (χ1) is 8.63. The van der Waals surface area contributed by atoms with Crippen LogP contribution in [0.4, 0.5) is 11.5 Å². The number of benzene rings is 1. The van der Waals surface area contributed by atoms with Crippen molar-refractivity contribution in [3.8, 4) is 0 Å². The summed E-state index contributed by atoms with van der Waals surface area (Å²) >= 11 is 0. The third-order valence-electron chi connectivity index (χ3n) is 2.25. The topological polar surface area (TPSA) is 84.0 Å². The summed E-state index contributed by atoms with van der Waals surface area (Å²) in [6, 6.07) is 6.62. The van der Waals surface area contributed by atoms with Gasteiger partial charge in [0.05, 0.1) is 11.9 Å². The molecule has 1 aromatic heterocycles. The molecule has 0 saturated heterocycles. The van der Waals surface area contributed by atoms with Crippen molar-refractivity contribution >= 4 is 21.5 Å². The molecule has 0 fully saturated rings. The van der Waals surface area contributed by atoms with Gasteiger partial charge >= 0.3 is 0 Å². The molecular weight excluding hydrogens is 252 g/mol. The van der Waals surface area contributed by atoms with E-state index >= 15 is 0 Å². The molecule has 2 rings (SSSR count). The van der Waals surface area contributed by atoms with Crippen LogP contribution in [0.15, 0.2) is 47.8 Å². The van der Waals surface area contributed by atoms with Gasteiger partial charge in [0.25, 0.3) is 10.0 Å². The molecular formula is C11H12N4O2S. The number of rotatable bonds is 4. The van der Waals surface area contributed by atoms with Crippen molar-refractivity contribution in [2.75, 3.05) is 17.1 Å². The highest BCUT2D eigenvalue weighted by Crippen LogP contribution is 2.21. The van der Waals surface area contributed by atoms with Crippen LogP contribution in [0.5, 0.6) is 0 Å². The second-order valence-corrected chi connectivity index (χ2v) is 5.09. The summed E-state index contributed by atoms with van der Waals surface area (Å²) in [6.07, 6.45) is 4.24. The number of anilines is 2. The van der Waals surface area contributed by atoms with Crippen molar-refractivity contribution in [3.05, 3.63) is 42.9 Å². The molecule has 0 radical (unpaired) electrons. The molecule has 94 valence electrons. The van der Waals surface area contributed by atoms with Crippen LogP contribution in [0.3, 0.4) is 0 Å². The Hall–Kier alpha value is -2.15. The second-order valence-electron chi connectivity index (χ2n) is 3.44. The molecule has 7 heteroatoms. The average molecular weight is 264 g/mol. The summed E-state index contributed by atoms with van der Waals surface area (Å²) in [4.78, 5) is 7.84. The van der Waals surface area contributed by atoms with Crippen LogP contribution in [-0.4, -0.2) is 25.4 Å². The maximum atomic E-state index is 12.2. The van der Waals surface area contributed by atoms with Crippen LogP contribution >= 0.6 is 0 Å². The molecule has 1 aromatic carbocycles. The molecule has 0 aliphatic heterocycles. The number of hydrogen-bond acceptors (Lipinski definition) is 5. The molecule has 0 saturated carbocycles. The molecule has 0 unspecified atom stereocenters. The molecule has 1 heterocycles. The molecule has 0 aliphatic rings. The fourth-order valence-electron chi connectivity index (χ4n) is 1.45. The largest absolute Gasteiger partial charge is 0.387 e. The van der Waals surface area contributed by atoms with Gasteiger partial charge in [-0.25, -0.2) is 13.4 Å². The fourth-order valence-corrected chi connectivity index (χ4v) is 2.66. The van der Waals surface area contributed by atoms with Crippen LogP contribution in [0, 0.1) is 0 Å². The van der Waals surface area contributed by atoms with E-state index in [1.807, 2.05) is 0 Å². The van der Waals surface area contributed by atoms with E-state index in [4.69, 9.17) is 0 Å². The minimum absolute atomic E-state index is 0.165. The van der Waals surface area contributed by atoms with E-state index in [0.29, 0.717) is 5.69 Å². The van der Waals surface area contributed by atoms with Crippen molar-refractivity contribution < 1.29 is 8.42 Å². The first-order valence-corrected chi connectivity index (χ1v) is 6.67. The van der Waals surface area contributed by atoms with Gasteiger partial charge in [0, 0.05) is 19.4 Å². The molecule has 0 spiro atoms. The Labute approximate surface area is 105 Å². The standard InChI is InChI=1S/C11H12N4O2S/c1-12-9-4-2-3-5-10(9)18(16,17)15-11-8-13-6-7-14-11/h2-8,12H,1H3,(H,14,15). The lowest BCUT2D eigenvalue weighted by atomic mass is 10.3. The van der Waals surface area contributed by atoms with Gasteiger partial charge in [-0.05, 0) is 12.1 Å². The third kappa shape index (κ3) is 2.57. The number of hydrogen-bond donors (Lipinski definition) is 2. The Balaban J connectivity index is 2.37. The Morgan fingerprint density at radius 2 is 1.94 bits per heavy atom. The molecule has 18 heavy (non-hydrogen) atoms. The molecule has 6 nitrogen and oxygen atoms in total. The minimum atomic E-state index is -3.67. The molecule has 0 aliphatic carbocycles. The van der Waals surface area contributed by atoms with Gasteiger partial charge in [-0.2, -0.15) is 0 Å². The monoisotopic (exact) mass is 264 g/mol. The van der Waals surface area contributed by atoms with Gasteiger partial charge in [-0.15, -0.1) is 0 Å². The van der Waals surface area contributed by atoms with Gasteiger partial charge in [0.15, 0.2) is 5.82 Å². The molecule has 0 atom stereocenters. The lowest BCUT2D eigenvalue weighted by Gasteiger charge is -2.10. The maximum absolute atomic E-state index is 12.2. The van der Waals surface area contributed by atoms with Gasteiger partial charge in [-0.1, -0.05) is 12.1 Å². The summed E-state index contributed by atoms with van der Waals surface area (Å²) < 4.78 is 26.7. The Kier molecular flexibility index (Phi) is 3.42. The van der Waals surface area contributed by atoms with Crippen LogP contribution < -0.4 is 10.0 Å². The first-order valence-electron chi connectivity index (χ1n) is 5.19. The average Bonchev–Trinajstić information content (AvgIpc) is 2.39. The van der Waals surface area contributed by atoms with E-state index in [0.717, 1.165) is 0 Å². The Morgan fingerprint density at radius 1 is 1.17 bits per heavy atom.